The van der Waals surface area contributed by atoms with E-state index in [9.17, 15) is 10.2 Å². The molecule has 0 saturated carbocycles. The van der Waals surface area contributed by atoms with E-state index in [-0.39, 0.29) is 22.3 Å². The summed E-state index contributed by atoms with van der Waals surface area (Å²) in [6.07, 6.45) is 1.97. The molecule has 5 rings (SSSR count). The van der Waals surface area contributed by atoms with Crippen LogP contribution in [0.5, 0.6) is 11.5 Å². The van der Waals surface area contributed by atoms with E-state index in [1.165, 1.54) is 0 Å². The molecular weight excluding hydrogens is 408 g/mol. The fourth-order valence-electron chi connectivity index (χ4n) is 5.06. The minimum atomic E-state index is -0.210. The van der Waals surface area contributed by atoms with E-state index in [0.717, 1.165) is 46.5 Å². The number of H-pyrrole nitrogens is 1. The first-order valence-electron chi connectivity index (χ1n) is 11.5. The molecule has 4 nitrogen and oxygen atoms in total. The predicted octanol–water partition coefficient (Wildman–Crippen LogP) is 7.17. The molecule has 0 unspecified atom stereocenters. The van der Waals surface area contributed by atoms with Gasteiger partial charge in [0.05, 0.1) is 17.0 Å². The summed E-state index contributed by atoms with van der Waals surface area (Å²) in [5.41, 5.74) is 5.82. The Morgan fingerprint density at radius 3 is 1.97 bits per heavy atom. The molecule has 1 heterocycles. The number of nitrogens with zero attached hydrogens (tertiary/aromatic N) is 1. The lowest BCUT2D eigenvalue weighted by molar-refractivity contribution is 0.310. The van der Waals surface area contributed by atoms with Crippen molar-refractivity contribution in [1.82, 2.24) is 9.97 Å². The second kappa shape index (κ2) is 7.51. The Kier molecular flexibility index (Phi) is 4.86. The summed E-state index contributed by atoms with van der Waals surface area (Å²) in [6, 6.07) is 22.1. The van der Waals surface area contributed by atoms with Crippen molar-refractivity contribution in [2.75, 3.05) is 0 Å². The number of phenols is 2. The largest absolute Gasteiger partial charge is 0.504 e. The van der Waals surface area contributed by atoms with Crippen LogP contribution in [0.4, 0.5) is 0 Å². The van der Waals surface area contributed by atoms with Gasteiger partial charge in [-0.15, -0.1) is 0 Å². The van der Waals surface area contributed by atoms with Crippen LogP contribution in [0.15, 0.2) is 66.7 Å². The molecule has 3 N–H and O–H groups in total. The molecule has 4 heteroatoms. The van der Waals surface area contributed by atoms with E-state index in [1.807, 2.05) is 66.7 Å². The highest BCUT2D eigenvalue weighted by atomic mass is 16.3. The van der Waals surface area contributed by atoms with E-state index in [0.29, 0.717) is 11.4 Å². The summed E-state index contributed by atoms with van der Waals surface area (Å²) in [6.45, 7) is 8.67. The van der Waals surface area contributed by atoms with Crippen LogP contribution in [0.2, 0.25) is 0 Å². The summed E-state index contributed by atoms with van der Waals surface area (Å²) >= 11 is 0. The second-order valence-corrected chi connectivity index (χ2v) is 10.4. The van der Waals surface area contributed by atoms with Crippen molar-refractivity contribution in [2.45, 2.75) is 51.4 Å². The molecule has 1 aliphatic rings. The Morgan fingerprint density at radius 1 is 0.758 bits per heavy atom. The Morgan fingerprint density at radius 2 is 1.33 bits per heavy atom. The molecule has 33 heavy (non-hydrogen) atoms. The number of phenolic OH excluding ortho intramolecular Hbond substituents is 2. The number of hydrogen-bond acceptors (Lipinski definition) is 3. The number of aromatic hydroxyl groups is 2. The lowest BCUT2D eigenvalue weighted by atomic mass is 9.62. The van der Waals surface area contributed by atoms with Gasteiger partial charge in [-0.2, -0.15) is 0 Å². The van der Waals surface area contributed by atoms with E-state index in [1.54, 1.807) is 0 Å². The van der Waals surface area contributed by atoms with Gasteiger partial charge >= 0.3 is 0 Å². The topological polar surface area (TPSA) is 69.1 Å². The molecule has 1 aromatic heterocycles. The number of benzene rings is 3. The quantitative estimate of drug-likeness (QED) is 0.297. The van der Waals surface area contributed by atoms with Crippen LogP contribution >= 0.6 is 0 Å². The van der Waals surface area contributed by atoms with Gasteiger partial charge in [0.15, 0.2) is 11.5 Å². The van der Waals surface area contributed by atoms with Crippen molar-refractivity contribution in [3.05, 3.63) is 77.9 Å². The maximum absolute atomic E-state index is 11.2. The van der Waals surface area contributed by atoms with Crippen LogP contribution in [0, 0.1) is 0 Å². The standard InChI is InChI=1S/C29H30N2O2/c1-28(2)15-16-29(3,4)22-21(28)17-20(25(32)26(22)33)27-30-23(18-11-7-5-8-12-18)24(31-27)19-13-9-6-10-14-19/h5-14,17,32-33H,15-16H2,1-4H3,(H,30,31). The number of hydrogen-bond donors (Lipinski definition) is 3. The van der Waals surface area contributed by atoms with Crippen LogP contribution in [-0.2, 0) is 10.8 Å². The molecule has 0 fully saturated rings. The maximum Gasteiger partial charge on any atom is 0.168 e. The maximum atomic E-state index is 11.2. The molecule has 0 bridgehead atoms. The molecule has 0 aliphatic heterocycles. The molecule has 3 aromatic carbocycles. The first-order valence-corrected chi connectivity index (χ1v) is 11.5. The zero-order valence-electron chi connectivity index (χ0n) is 19.6. The van der Waals surface area contributed by atoms with E-state index in [2.05, 4.69) is 32.7 Å². The van der Waals surface area contributed by atoms with Crippen molar-refractivity contribution >= 4 is 0 Å². The lowest BCUT2D eigenvalue weighted by Gasteiger charge is -2.42. The Hall–Kier alpha value is -3.53. The molecular formula is C29H30N2O2. The highest BCUT2D eigenvalue weighted by molar-refractivity contribution is 5.83. The van der Waals surface area contributed by atoms with Gasteiger partial charge in [-0.25, -0.2) is 4.98 Å². The van der Waals surface area contributed by atoms with Gasteiger partial charge < -0.3 is 15.2 Å². The predicted molar refractivity (Wildman–Crippen MR) is 134 cm³/mol. The number of aromatic amines is 1. The molecule has 0 saturated heterocycles. The molecule has 168 valence electrons. The fourth-order valence-corrected chi connectivity index (χ4v) is 5.06. The van der Waals surface area contributed by atoms with Gasteiger partial charge in [0.25, 0.3) is 0 Å². The van der Waals surface area contributed by atoms with Crippen molar-refractivity contribution in [2.24, 2.45) is 0 Å². The average molecular weight is 439 g/mol. The average Bonchev–Trinajstić information content (AvgIpc) is 3.25. The molecule has 0 amide bonds. The summed E-state index contributed by atoms with van der Waals surface area (Å²) < 4.78 is 0. The van der Waals surface area contributed by atoms with E-state index < -0.39 is 0 Å². The smallest absolute Gasteiger partial charge is 0.168 e. The third-order valence-corrected chi connectivity index (χ3v) is 7.12. The Bertz CT molecular complexity index is 1260. The van der Waals surface area contributed by atoms with Crippen LogP contribution < -0.4 is 0 Å². The first kappa shape index (κ1) is 21.3. The second-order valence-electron chi connectivity index (χ2n) is 10.4. The lowest BCUT2D eigenvalue weighted by Crippen LogP contribution is -2.34. The van der Waals surface area contributed by atoms with Crippen molar-refractivity contribution in [3.8, 4) is 45.4 Å². The minimum Gasteiger partial charge on any atom is -0.504 e. The summed E-state index contributed by atoms with van der Waals surface area (Å²) in [5, 5.41) is 22.3. The third-order valence-electron chi connectivity index (χ3n) is 7.12. The van der Waals surface area contributed by atoms with Crippen molar-refractivity contribution in [3.63, 3.8) is 0 Å². The number of fused-ring (bicyclic) bond motifs is 1. The Labute approximate surface area is 195 Å². The third kappa shape index (κ3) is 3.50. The number of nitrogens with one attached hydrogen (secondary N) is 1. The van der Waals surface area contributed by atoms with Gasteiger partial charge in [-0.3, -0.25) is 0 Å². The molecule has 0 atom stereocenters. The van der Waals surface area contributed by atoms with Crippen molar-refractivity contribution in [1.29, 1.82) is 0 Å². The number of rotatable bonds is 3. The monoisotopic (exact) mass is 438 g/mol. The number of imidazole rings is 1. The Balaban J connectivity index is 1.76. The fraction of sp³-hybridized carbons (Fsp3) is 0.276. The molecule has 0 spiro atoms. The molecule has 4 aromatic rings. The zero-order valence-corrected chi connectivity index (χ0v) is 19.6. The van der Waals surface area contributed by atoms with E-state index >= 15 is 0 Å². The van der Waals surface area contributed by atoms with Crippen LogP contribution in [0.3, 0.4) is 0 Å². The number of aromatic nitrogens is 2. The highest BCUT2D eigenvalue weighted by Crippen LogP contribution is 2.54. The normalized spacial score (nSPS) is 16.4. The molecule has 0 radical (unpaired) electrons. The van der Waals surface area contributed by atoms with Gasteiger partial charge in [0.1, 0.15) is 5.82 Å². The van der Waals surface area contributed by atoms with Crippen molar-refractivity contribution < 1.29 is 10.2 Å². The van der Waals surface area contributed by atoms with E-state index in [4.69, 9.17) is 4.98 Å². The molecule has 1 aliphatic carbocycles. The summed E-state index contributed by atoms with van der Waals surface area (Å²) in [7, 11) is 0. The summed E-state index contributed by atoms with van der Waals surface area (Å²) in [4.78, 5) is 8.39. The van der Waals surface area contributed by atoms with Gasteiger partial charge in [-0.05, 0) is 35.3 Å². The SMILES string of the molecule is CC1(C)CCC(C)(C)c2c1cc(-c1nc(-c3ccccc3)c(-c3ccccc3)[nH]1)c(O)c2O. The highest BCUT2D eigenvalue weighted by Gasteiger charge is 2.41. The van der Waals surface area contributed by atoms with Crippen LogP contribution in [0.1, 0.15) is 51.7 Å². The van der Waals surface area contributed by atoms with Gasteiger partial charge in [0, 0.05) is 16.7 Å². The van der Waals surface area contributed by atoms with Gasteiger partial charge in [0.2, 0.25) is 0 Å². The van der Waals surface area contributed by atoms with Crippen LogP contribution in [0.25, 0.3) is 33.9 Å². The van der Waals surface area contributed by atoms with Gasteiger partial charge in [-0.1, -0.05) is 88.4 Å². The summed E-state index contributed by atoms with van der Waals surface area (Å²) in [5.74, 6) is 0.397. The first-order chi connectivity index (χ1) is 15.7. The van der Waals surface area contributed by atoms with Crippen LogP contribution in [-0.4, -0.2) is 20.2 Å². The zero-order chi connectivity index (χ0) is 23.4. The minimum absolute atomic E-state index is 0.0285.